The zero-order valence-corrected chi connectivity index (χ0v) is 22.3. The standard InChI is InChI=1S/C31H46O2S/c1-3-5-13-24-34-25-14-11-9-7-6-8-10-12-15-31(27-18-22-29(33)23-19-27)30(4-2)26-16-20-28(32)21-17-26/h16-23,32-33H,3-15,24-25H2,1-2H3/b31-30+. The molecule has 34 heavy (non-hydrogen) atoms. The number of phenols is 2. The number of allylic oxidation sites excluding steroid dienone is 2. The monoisotopic (exact) mass is 482 g/mol. The minimum Gasteiger partial charge on any atom is -0.508 e. The molecule has 0 saturated heterocycles. The van der Waals surface area contributed by atoms with Crippen LogP contribution in [-0.2, 0) is 0 Å². The van der Waals surface area contributed by atoms with Crippen LogP contribution in [0.2, 0.25) is 0 Å². The van der Waals surface area contributed by atoms with Crippen LogP contribution in [0, 0.1) is 0 Å². The van der Waals surface area contributed by atoms with Gasteiger partial charge >= 0.3 is 0 Å². The summed E-state index contributed by atoms with van der Waals surface area (Å²) in [6.07, 6.45) is 16.7. The maximum Gasteiger partial charge on any atom is 0.115 e. The van der Waals surface area contributed by atoms with Crippen LogP contribution in [0.15, 0.2) is 48.5 Å². The molecular formula is C31H46O2S. The topological polar surface area (TPSA) is 40.5 Å². The lowest BCUT2D eigenvalue weighted by molar-refractivity contribution is 0.474. The third-order valence-electron chi connectivity index (χ3n) is 6.51. The van der Waals surface area contributed by atoms with Crippen molar-refractivity contribution in [3.05, 3.63) is 59.7 Å². The van der Waals surface area contributed by atoms with Crippen molar-refractivity contribution in [3.8, 4) is 11.5 Å². The third-order valence-corrected chi connectivity index (χ3v) is 7.66. The predicted molar refractivity (Wildman–Crippen MR) is 152 cm³/mol. The molecule has 0 unspecified atom stereocenters. The maximum absolute atomic E-state index is 9.75. The van der Waals surface area contributed by atoms with Gasteiger partial charge in [-0.2, -0.15) is 11.8 Å². The fraction of sp³-hybridized carbons (Fsp3) is 0.548. The molecule has 2 aromatic carbocycles. The molecule has 0 spiro atoms. The van der Waals surface area contributed by atoms with E-state index in [1.54, 1.807) is 24.3 Å². The molecule has 188 valence electrons. The average molecular weight is 483 g/mol. The second-order valence-corrected chi connectivity index (χ2v) is 10.5. The van der Waals surface area contributed by atoms with Crippen molar-refractivity contribution in [2.24, 2.45) is 0 Å². The molecule has 0 aliphatic rings. The van der Waals surface area contributed by atoms with E-state index in [9.17, 15) is 10.2 Å². The zero-order valence-electron chi connectivity index (χ0n) is 21.5. The Hall–Kier alpha value is -1.87. The van der Waals surface area contributed by atoms with Gasteiger partial charge in [0.1, 0.15) is 11.5 Å². The molecule has 0 aromatic heterocycles. The van der Waals surface area contributed by atoms with Gasteiger partial charge in [0.25, 0.3) is 0 Å². The summed E-state index contributed by atoms with van der Waals surface area (Å²) in [5.41, 5.74) is 5.06. The van der Waals surface area contributed by atoms with Crippen LogP contribution in [0.4, 0.5) is 0 Å². The van der Waals surface area contributed by atoms with Gasteiger partial charge in [-0.15, -0.1) is 0 Å². The van der Waals surface area contributed by atoms with Crippen molar-refractivity contribution >= 4 is 22.9 Å². The Bertz CT molecular complexity index is 808. The highest BCUT2D eigenvalue weighted by molar-refractivity contribution is 7.99. The molecule has 2 aromatic rings. The summed E-state index contributed by atoms with van der Waals surface area (Å²) in [7, 11) is 0. The van der Waals surface area contributed by atoms with Crippen LogP contribution >= 0.6 is 11.8 Å². The number of unbranched alkanes of at least 4 members (excludes halogenated alkanes) is 9. The summed E-state index contributed by atoms with van der Waals surface area (Å²) in [5, 5.41) is 19.4. The van der Waals surface area contributed by atoms with E-state index in [0.717, 1.165) is 12.8 Å². The Morgan fingerprint density at radius 2 is 1.00 bits per heavy atom. The molecule has 0 fully saturated rings. The van der Waals surface area contributed by atoms with E-state index in [1.807, 2.05) is 24.3 Å². The first kappa shape index (κ1) is 28.4. The van der Waals surface area contributed by atoms with E-state index < -0.39 is 0 Å². The van der Waals surface area contributed by atoms with Crippen LogP contribution in [0.3, 0.4) is 0 Å². The molecule has 2 rings (SSSR count). The minimum absolute atomic E-state index is 0.302. The number of rotatable bonds is 18. The lowest BCUT2D eigenvalue weighted by atomic mass is 9.89. The highest BCUT2D eigenvalue weighted by atomic mass is 32.2. The van der Waals surface area contributed by atoms with Gasteiger partial charge in [-0.05, 0) is 90.1 Å². The van der Waals surface area contributed by atoms with Gasteiger partial charge in [-0.25, -0.2) is 0 Å². The molecule has 0 aliphatic heterocycles. The van der Waals surface area contributed by atoms with Gasteiger partial charge in [-0.3, -0.25) is 0 Å². The summed E-state index contributed by atoms with van der Waals surface area (Å²) < 4.78 is 0. The SMILES string of the molecule is CCCCCSCCCCCCCCCC/C(=C(/CC)c1ccc(O)cc1)c1ccc(O)cc1. The number of phenolic OH excluding ortho intramolecular Hbond substituents is 2. The quantitative estimate of drug-likeness (QED) is 0.164. The molecule has 0 bridgehead atoms. The molecular weight excluding hydrogens is 436 g/mol. The number of hydrogen-bond acceptors (Lipinski definition) is 3. The zero-order chi connectivity index (χ0) is 24.4. The lowest BCUT2D eigenvalue weighted by Gasteiger charge is -2.16. The van der Waals surface area contributed by atoms with Crippen molar-refractivity contribution in [3.63, 3.8) is 0 Å². The normalized spacial score (nSPS) is 12.1. The molecule has 2 nitrogen and oxygen atoms in total. The number of benzene rings is 2. The summed E-state index contributed by atoms with van der Waals surface area (Å²) in [6, 6.07) is 15.2. The van der Waals surface area contributed by atoms with Crippen LogP contribution in [-0.4, -0.2) is 21.7 Å². The third kappa shape index (κ3) is 11.0. The van der Waals surface area contributed by atoms with Gasteiger partial charge in [0.2, 0.25) is 0 Å². The van der Waals surface area contributed by atoms with Crippen molar-refractivity contribution in [2.45, 2.75) is 97.3 Å². The Morgan fingerprint density at radius 1 is 0.559 bits per heavy atom. The van der Waals surface area contributed by atoms with Crippen molar-refractivity contribution in [1.82, 2.24) is 0 Å². The van der Waals surface area contributed by atoms with Crippen molar-refractivity contribution in [1.29, 1.82) is 0 Å². The second kappa shape index (κ2) is 17.5. The van der Waals surface area contributed by atoms with Gasteiger partial charge < -0.3 is 10.2 Å². The van der Waals surface area contributed by atoms with E-state index >= 15 is 0 Å². The smallest absolute Gasteiger partial charge is 0.115 e. The Balaban J connectivity index is 1.76. The van der Waals surface area contributed by atoms with Crippen molar-refractivity contribution < 1.29 is 10.2 Å². The van der Waals surface area contributed by atoms with E-state index in [4.69, 9.17) is 0 Å². The van der Waals surface area contributed by atoms with Crippen LogP contribution in [0.5, 0.6) is 11.5 Å². The van der Waals surface area contributed by atoms with E-state index in [2.05, 4.69) is 25.6 Å². The van der Waals surface area contributed by atoms with E-state index in [1.165, 1.54) is 104 Å². The minimum atomic E-state index is 0.302. The highest BCUT2D eigenvalue weighted by Crippen LogP contribution is 2.34. The second-order valence-electron chi connectivity index (χ2n) is 9.30. The fourth-order valence-electron chi connectivity index (χ4n) is 4.51. The Morgan fingerprint density at radius 3 is 1.50 bits per heavy atom. The summed E-state index contributed by atoms with van der Waals surface area (Å²) in [4.78, 5) is 0. The summed E-state index contributed by atoms with van der Waals surface area (Å²) >= 11 is 2.14. The molecule has 0 radical (unpaired) electrons. The first-order chi connectivity index (χ1) is 16.7. The van der Waals surface area contributed by atoms with Crippen molar-refractivity contribution in [2.75, 3.05) is 11.5 Å². The molecule has 3 heteroatoms. The summed E-state index contributed by atoms with van der Waals surface area (Å²) in [5.74, 6) is 3.30. The first-order valence-corrected chi connectivity index (χ1v) is 14.7. The number of hydrogen-bond donors (Lipinski definition) is 2. The largest absolute Gasteiger partial charge is 0.508 e. The molecule has 0 aliphatic carbocycles. The number of thioether (sulfide) groups is 1. The van der Waals surface area contributed by atoms with E-state index in [0.29, 0.717) is 11.5 Å². The van der Waals surface area contributed by atoms with Gasteiger partial charge in [0, 0.05) is 0 Å². The van der Waals surface area contributed by atoms with Gasteiger partial charge in [0.15, 0.2) is 0 Å². The summed E-state index contributed by atoms with van der Waals surface area (Å²) in [6.45, 7) is 4.47. The highest BCUT2D eigenvalue weighted by Gasteiger charge is 2.11. The maximum atomic E-state index is 9.75. The molecule has 2 N–H and O–H groups in total. The predicted octanol–water partition coefficient (Wildman–Crippen LogP) is 9.85. The molecule has 0 amide bonds. The van der Waals surface area contributed by atoms with E-state index in [-0.39, 0.29) is 0 Å². The molecule has 0 heterocycles. The van der Waals surface area contributed by atoms with Crippen LogP contribution in [0.25, 0.3) is 11.1 Å². The first-order valence-electron chi connectivity index (χ1n) is 13.5. The lowest BCUT2D eigenvalue weighted by Crippen LogP contribution is -1.94. The van der Waals surface area contributed by atoms with Crippen LogP contribution in [0.1, 0.15) is 108 Å². The fourth-order valence-corrected chi connectivity index (χ4v) is 5.53. The van der Waals surface area contributed by atoms with Gasteiger partial charge in [0.05, 0.1) is 0 Å². The Kier molecular flexibility index (Phi) is 14.6. The molecule has 0 saturated carbocycles. The average Bonchev–Trinajstić information content (AvgIpc) is 2.85. The van der Waals surface area contributed by atoms with Crippen LogP contribution < -0.4 is 0 Å². The molecule has 0 atom stereocenters. The van der Waals surface area contributed by atoms with Gasteiger partial charge in [-0.1, -0.05) is 89.5 Å². The Labute approximate surface area is 212 Å². The number of aromatic hydroxyl groups is 2.